The highest BCUT2D eigenvalue weighted by atomic mass is 127. The van der Waals surface area contributed by atoms with Gasteiger partial charge >= 0.3 is 5.97 Å². The Morgan fingerprint density at radius 3 is 2.78 bits per heavy atom. The van der Waals surface area contributed by atoms with Crippen LogP contribution in [-0.4, -0.2) is 36.5 Å². The van der Waals surface area contributed by atoms with Gasteiger partial charge in [-0.25, -0.2) is 0 Å². The molecule has 1 aromatic carbocycles. The molecule has 0 saturated carbocycles. The second kappa shape index (κ2) is 8.68. The molecule has 1 heterocycles. The maximum absolute atomic E-state index is 12.1. The van der Waals surface area contributed by atoms with Crippen molar-refractivity contribution >= 4 is 39.5 Å². The van der Waals surface area contributed by atoms with Gasteiger partial charge in [0.15, 0.2) is 0 Å². The lowest BCUT2D eigenvalue weighted by Gasteiger charge is -2.11. The number of ether oxygens (including phenoxy) is 1. The number of H-pyrrole nitrogens is 1. The highest BCUT2D eigenvalue weighted by Gasteiger charge is 2.16. The van der Waals surface area contributed by atoms with Crippen molar-refractivity contribution in [3.05, 3.63) is 27.5 Å². The average Bonchev–Trinajstić information content (AvgIpc) is 2.82. The van der Waals surface area contributed by atoms with Gasteiger partial charge in [-0.15, -0.1) is 0 Å². The molecule has 0 aliphatic carbocycles. The van der Waals surface area contributed by atoms with Crippen molar-refractivity contribution in [3.8, 4) is 5.75 Å². The van der Waals surface area contributed by atoms with Gasteiger partial charge in [0.2, 0.25) is 0 Å². The predicted molar refractivity (Wildman–Crippen MR) is 103 cm³/mol. The smallest absolute Gasteiger partial charge is 0.311 e. The van der Waals surface area contributed by atoms with Crippen LogP contribution < -0.4 is 4.74 Å². The Kier molecular flexibility index (Phi) is 6.89. The van der Waals surface area contributed by atoms with Crippen LogP contribution in [0, 0.1) is 3.70 Å². The third kappa shape index (κ3) is 4.94. The molecule has 0 amide bonds. The first-order chi connectivity index (χ1) is 11.0. The zero-order valence-electron chi connectivity index (χ0n) is 14.1. The number of likely N-dealkylation sites (N-methyl/N-ethyl adjacent to an activating group) is 1. The van der Waals surface area contributed by atoms with E-state index >= 15 is 0 Å². The lowest BCUT2D eigenvalue weighted by molar-refractivity contribution is -0.134. The fourth-order valence-electron chi connectivity index (χ4n) is 2.60. The molecule has 2 aromatic rings. The van der Waals surface area contributed by atoms with E-state index in [2.05, 4.69) is 53.5 Å². The largest absolute Gasteiger partial charge is 0.426 e. The van der Waals surface area contributed by atoms with Crippen molar-refractivity contribution in [1.82, 2.24) is 9.88 Å². The van der Waals surface area contributed by atoms with Crippen molar-refractivity contribution in [2.45, 2.75) is 39.0 Å². The predicted octanol–water partition coefficient (Wildman–Crippen LogP) is 4.36. The number of unbranched alkanes of at least 4 members (excludes halogenated alkanes) is 2. The van der Waals surface area contributed by atoms with Crippen molar-refractivity contribution in [1.29, 1.82) is 0 Å². The number of hydrogen-bond acceptors (Lipinski definition) is 3. The monoisotopic (exact) mass is 428 g/mol. The van der Waals surface area contributed by atoms with Crippen molar-refractivity contribution in [2.75, 3.05) is 20.6 Å². The van der Waals surface area contributed by atoms with E-state index in [1.54, 1.807) is 0 Å². The summed E-state index contributed by atoms with van der Waals surface area (Å²) >= 11 is 2.32. The average molecular weight is 428 g/mol. The van der Waals surface area contributed by atoms with Crippen LogP contribution >= 0.6 is 22.6 Å². The zero-order valence-corrected chi connectivity index (χ0v) is 16.3. The van der Waals surface area contributed by atoms with Crippen LogP contribution in [0.4, 0.5) is 0 Å². The topological polar surface area (TPSA) is 45.3 Å². The van der Waals surface area contributed by atoms with Gasteiger partial charge < -0.3 is 14.6 Å². The Hall–Kier alpha value is -1.08. The molecule has 0 bridgehead atoms. The number of halogens is 1. The molecule has 1 N–H and O–H groups in total. The molecule has 0 unspecified atom stereocenters. The summed E-state index contributed by atoms with van der Waals surface area (Å²) < 4.78 is 6.78. The number of rotatable bonds is 8. The number of nitrogens with zero attached hydrogens (tertiary/aromatic N) is 1. The van der Waals surface area contributed by atoms with E-state index in [9.17, 15) is 4.79 Å². The van der Waals surface area contributed by atoms with Crippen LogP contribution in [0.2, 0.25) is 0 Å². The standard InChI is InChI=1S/C18H25IN2O2/c1-4-5-6-10-16(22)23-15-9-7-8-14-17(15)13(18(19)20-14)11-12-21(2)3/h7-9,20H,4-6,10-12H2,1-3H3. The van der Waals surface area contributed by atoms with Gasteiger partial charge in [0, 0.05) is 18.4 Å². The van der Waals surface area contributed by atoms with Crippen molar-refractivity contribution in [2.24, 2.45) is 0 Å². The third-order valence-corrected chi connectivity index (χ3v) is 4.78. The number of aromatic amines is 1. The Morgan fingerprint density at radius 2 is 2.09 bits per heavy atom. The summed E-state index contributed by atoms with van der Waals surface area (Å²) in [6.45, 7) is 3.09. The molecule has 0 saturated heterocycles. The first-order valence-corrected chi connectivity index (χ1v) is 9.25. The molecule has 1 aromatic heterocycles. The number of esters is 1. The van der Waals surface area contributed by atoms with Crippen LogP contribution in [-0.2, 0) is 11.2 Å². The number of aromatic nitrogens is 1. The van der Waals surface area contributed by atoms with E-state index in [1.165, 1.54) is 5.56 Å². The maximum Gasteiger partial charge on any atom is 0.311 e. The van der Waals surface area contributed by atoms with E-state index in [0.717, 1.165) is 46.8 Å². The highest BCUT2D eigenvalue weighted by molar-refractivity contribution is 14.1. The van der Waals surface area contributed by atoms with Gasteiger partial charge in [0.25, 0.3) is 0 Å². The minimum Gasteiger partial charge on any atom is -0.426 e. The minimum atomic E-state index is -0.138. The molecular weight excluding hydrogens is 403 g/mol. The lowest BCUT2D eigenvalue weighted by atomic mass is 10.1. The zero-order chi connectivity index (χ0) is 16.8. The molecular formula is C18H25IN2O2. The van der Waals surface area contributed by atoms with Gasteiger partial charge in [-0.2, -0.15) is 0 Å². The van der Waals surface area contributed by atoms with Gasteiger partial charge in [-0.1, -0.05) is 25.8 Å². The second-order valence-electron chi connectivity index (χ2n) is 6.08. The summed E-state index contributed by atoms with van der Waals surface area (Å²) in [4.78, 5) is 17.6. The first kappa shape index (κ1) is 18.3. The number of benzene rings is 1. The van der Waals surface area contributed by atoms with Crippen LogP contribution in [0.1, 0.15) is 38.2 Å². The van der Waals surface area contributed by atoms with E-state index in [0.29, 0.717) is 12.2 Å². The van der Waals surface area contributed by atoms with E-state index in [4.69, 9.17) is 4.74 Å². The lowest BCUT2D eigenvalue weighted by Crippen LogP contribution is -2.15. The molecule has 0 spiro atoms. The summed E-state index contributed by atoms with van der Waals surface area (Å²) in [5.41, 5.74) is 2.26. The Balaban J connectivity index is 2.23. The fraction of sp³-hybridized carbons (Fsp3) is 0.500. The molecule has 0 atom stereocenters. The molecule has 0 aliphatic heterocycles. The first-order valence-electron chi connectivity index (χ1n) is 8.17. The van der Waals surface area contributed by atoms with Crippen LogP contribution in [0.5, 0.6) is 5.75 Å². The quantitative estimate of drug-likeness (QED) is 0.294. The molecule has 2 rings (SSSR count). The van der Waals surface area contributed by atoms with Gasteiger partial charge in [-0.05, 0) is 67.2 Å². The van der Waals surface area contributed by atoms with E-state index < -0.39 is 0 Å². The number of nitrogens with one attached hydrogen (secondary N) is 1. The Bertz CT molecular complexity index is 664. The van der Waals surface area contributed by atoms with Gasteiger partial charge in [0.1, 0.15) is 5.75 Å². The fourth-order valence-corrected chi connectivity index (χ4v) is 3.43. The third-order valence-electron chi connectivity index (χ3n) is 3.85. The number of fused-ring (bicyclic) bond motifs is 1. The second-order valence-corrected chi connectivity index (χ2v) is 7.16. The van der Waals surface area contributed by atoms with E-state index in [1.807, 2.05) is 18.2 Å². The molecule has 0 fully saturated rings. The normalized spacial score (nSPS) is 11.3. The summed E-state index contributed by atoms with van der Waals surface area (Å²) in [6, 6.07) is 5.85. The molecule has 0 aliphatic rings. The molecule has 23 heavy (non-hydrogen) atoms. The molecule has 4 nitrogen and oxygen atoms in total. The summed E-state index contributed by atoms with van der Waals surface area (Å²) in [6.07, 6.45) is 4.47. The maximum atomic E-state index is 12.1. The highest BCUT2D eigenvalue weighted by Crippen LogP contribution is 2.32. The van der Waals surface area contributed by atoms with Gasteiger partial charge in [0.05, 0.1) is 9.22 Å². The van der Waals surface area contributed by atoms with Crippen molar-refractivity contribution in [3.63, 3.8) is 0 Å². The van der Waals surface area contributed by atoms with Crippen LogP contribution in [0.15, 0.2) is 18.2 Å². The summed E-state index contributed by atoms with van der Waals surface area (Å²) in [7, 11) is 4.13. The summed E-state index contributed by atoms with van der Waals surface area (Å²) in [5, 5.41) is 1.04. The number of hydrogen-bond donors (Lipinski definition) is 1. The molecule has 126 valence electrons. The molecule has 0 radical (unpaired) electrons. The minimum absolute atomic E-state index is 0.138. The molecule has 5 heteroatoms. The van der Waals surface area contributed by atoms with Crippen molar-refractivity contribution < 1.29 is 9.53 Å². The van der Waals surface area contributed by atoms with Gasteiger partial charge in [-0.3, -0.25) is 4.79 Å². The number of carbonyl (C=O) groups is 1. The Labute approximate surface area is 151 Å². The number of carbonyl (C=O) groups excluding carboxylic acids is 1. The SMILES string of the molecule is CCCCCC(=O)Oc1cccc2[nH]c(I)c(CCN(C)C)c12. The van der Waals surface area contributed by atoms with Crippen LogP contribution in [0.3, 0.4) is 0 Å². The Morgan fingerprint density at radius 1 is 1.30 bits per heavy atom. The van der Waals surface area contributed by atoms with E-state index in [-0.39, 0.29) is 5.97 Å². The van der Waals surface area contributed by atoms with Crippen LogP contribution in [0.25, 0.3) is 10.9 Å². The summed E-state index contributed by atoms with van der Waals surface area (Å²) in [5.74, 6) is 0.539.